The molecule has 1 fully saturated rings. The number of piperazine rings is 1. The fourth-order valence-electron chi connectivity index (χ4n) is 2.29. The molecule has 3 heteroatoms. The van der Waals surface area contributed by atoms with E-state index in [1.807, 2.05) is 6.07 Å². The van der Waals surface area contributed by atoms with Crippen molar-refractivity contribution in [1.29, 1.82) is 0 Å². The third-order valence-corrected chi connectivity index (χ3v) is 3.53. The monoisotopic (exact) mass is 222 g/mol. The van der Waals surface area contributed by atoms with Crippen molar-refractivity contribution in [3.63, 3.8) is 0 Å². The van der Waals surface area contributed by atoms with E-state index in [0.717, 1.165) is 18.8 Å². The van der Waals surface area contributed by atoms with Crippen molar-refractivity contribution in [3.8, 4) is 0 Å². The Morgan fingerprint density at radius 1 is 1.19 bits per heavy atom. The number of nitrogens with zero attached hydrogens (tertiary/aromatic N) is 2. The molecular formula is C13H19FN2. The highest BCUT2D eigenvalue weighted by Gasteiger charge is 2.26. The first-order valence-electron chi connectivity index (χ1n) is 5.80. The molecule has 1 aromatic rings. The predicted molar refractivity (Wildman–Crippen MR) is 65.3 cm³/mol. The van der Waals surface area contributed by atoms with Crippen molar-refractivity contribution in [2.24, 2.45) is 0 Å². The van der Waals surface area contributed by atoms with Gasteiger partial charge in [0.25, 0.3) is 0 Å². The van der Waals surface area contributed by atoms with E-state index in [1.54, 1.807) is 12.1 Å². The van der Waals surface area contributed by atoms with E-state index in [4.69, 9.17) is 0 Å². The van der Waals surface area contributed by atoms with Crippen LogP contribution in [0, 0.1) is 5.82 Å². The first kappa shape index (κ1) is 11.4. The lowest BCUT2D eigenvalue weighted by atomic mass is 10.1. The largest absolute Gasteiger partial charge is 0.368 e. The Morgan fingerprint density at radius 2 is 1.81 bits per heavy atom. The van der Waals surface area contributed by atoms with Gasteiger partial charge >= 0.3 is 0 Å². The van der Waals surface area contributed by atoms with E-state index in [1.165, 1.54) is 6.07 Å². The number of hydrogen-bond acceptors (Lipinski definition) is 2. The summed E-state index contributed by atoms with van der Waals surface area (Å²) in [6, 6.07) is 7.88. The summed E-state index contributed by atoms with van der Waals surface area (Å²) in [5.74, 6) is -0.156. The Kier molecular flexibility index (Phi) is 3.15. The number of halogens is 1. The summed E-state index contributed by atoms with van der Waals surface area (Å²) < 4.78 is 13.2. The normalized spacial score (nSPS) is 27.1. The standard InChI is InChI=1S/C13H19FN2/c1-10-8-16(9-11(2)15(10)3)13-6-4-5-12(14)7-13/h4-7,10-11H,8-9H2,1-3H3/t10-,11+. The lowest BCUT2D eigenvalue weighted by Crippen LogP contribution is -2.55. The molecule has 0 radical (unpaired) electrons. The third-order valence-electron chi connectivity index (χ3n) is 3.53. The first-order chi connectivity index (χ1) is 7.58. The van der Waals surface area contributed by atoms with E-state index in [-0.39, 0.29) is 5.82 Å². The second-order valence-corrected chi connectivity index (χ2v) is 4.75. The molecule has 0 aromatic heterocycles. The molecule has 1 aliphatic heterocycles. The van der Waals surface area contributed by atoms with E-state index in [9.17, 15) is 4.39 Å². The topological polar surface area (TPSA) is 6.48 Å². The third kappa shape index (κ3) is 2.19. The van der Waals surface area contributed by atoms with Gasteiger partial charge in [-0.25, -0.2) is 4.39 Å². The van der Waals surface area contributed by atoms with Gasteiger partial charge in [0.15, 0.2) is 0 Å². The molecule has 88 valence electrons. The van der Waals surface area contributed by atoms with E-state index in [2.05, 4.69) is 30.7 Å². The Bertz CT molecular complexity index is 355. The first-order valence-corrected chi connectivity index (χ1v) is 5.80. The molecule has 0 unspecified atom stereocenters. The molecule has 0 saturated carbocycles. The number of hydrogen-bond donors (Lipinski definition) is 0. The molecule has 0 bridgehead atoms. The van der Waals surface area contributed by atoms with Crippen LogP contribution in [0.5, 0.6) is 0 Å². The van der Waals surface area contributed by atoms with Gasteiger partial charge in [0.1, 0.15) is 5.82 Å². The van der Waals surface area contributed by atoms with Crippen LogP contribution in [-0.4, -0.2) is 37.1 Å². The lowest BCUT2D eigenvalue weighted by molar-refractivity contribution is 0.170. The molecular weight excluding hydrogens is 203 g/mol. The summed E-state index contributed by atoms with van der Waals surface area (Å²) in [5, 5.41) is 0. The lowest BCUT2D eigenvalue weighted by Gasteiger charge is -2.43. The molecule has 16 heavy (non-hydrogen) atoms. The summed E-state index contributed by atoms with van der Waals surface area (Å²) in [5.41, 5.74) is 0.992. The smallest absolute Gasteiger partial charge is 0.125 e. The second-order valence-electron chi connectivity index (χ2n) is 4.75. The van der Waals surface area contributed by atoms with Crippen molar-refractivity contribution >= 4 is 5.69 Å². The van der Waals surface area contributed by atoms with E-state index >= 15 is 0 Å². The molecule has 1 heterocycles. The number of anilines is 1. The van der Waals surface area contributed by atoms with Crippen molar-refractivity contribution < 1.29 is 4.39 Å². The Hall–Kier alpha value is -1.09. The molecule has 0 aliphatic carbocycles. The van der Waals surface area contributed by atoms with Crippen LogP contribution < -0.4 is 4.90 Å². The van der Waals surface area contributed by atoms with Crippen molar-refractivity contribution in [2.45, 2.75) is 25.9 Å². The van der Waals surface area contributed by atoms with Gasteiger partial charge in [-0.05, 0) is 39.1 Å². The molecule has 1 aromatic carbocycles. The number of rotatable bonds is 1. The molecule has 2 atom stereocenters. The van der Waals surface area contributed by atoms with Gasteiger partial charge in [0.2, 0.25) is 0 Å². The van der Waals surface area contributed by atoms with Crippen molar-refractivity contribution in [1.82, 2.24) is 4.90 Å². The fourth-order valence-corrected chi connectivity index (χ4v) is 2.29. The summed E-state index contributed by atoms with van der Waals surface area (Å²) in [6.45, 7) is 6.35. The highest BCUT2D eigenvalue weighted by Crippen LogP contribution is 2.21. The van der Waals surface area contributed by atoms with E-state index in [0.29, 0.717) is 12.1 Å². The highest BCUT2D eigenvalue weighted by atomic mass is 19.1. The predicted octanol–water partition coefficient (Wildman–Crippen LogP) is 2.35. The van der Waals surface area contributed by atoms with Crippen LogP contribution in [0.25, 0.3) is 0 Å². The van der Waals surface area contributed by atoms with Crippen molar-refractivity contribution in [2.75, 3.05) is 25.0 Å². The average molecular weight is 222 g/mol. The molecule has 2 nitrogen and oxygen atoms in total. The van der Waals surface area contributed by atoms with Gasteiger partial charge in [-0.3, -0.25) is 4.90 Å². The fraction of sp³-hybridized carbons (Fsp3) is 0.538. The van der Waals surface area contributed by atoms with Gasteiger partial charge in [-0.2, -0.15) is 0 Å². The number of benzene rings is 1. The van der Waals surface area contributed by atoms with Gasteiger partial charge in [-0.15, -0.1) is 0 Å². The molecule has 1 saturated heterocycles. The van der Waals surface area contributed by atoms with Crippen molar-refractivity contribution in [3.05, 3.63) is 30.1 Å². The summed E-state index contributed by atoms with van der Waals surface area (Å²) in [6.07, 6.45) is 0. The minimum atomic E-state index is -0.156. The van der Waals surface area contributed by atoms with Gasteiger partial charge < -0.3 is 4.90 Å². The molecule has 2 rings (SSSR count). The quantitative estimate of drug-likeness (QED) is 0.719. The average Bonchev–Trinajstić information content (AvgIpc) is 2.25. The molecule has 1 aliphatic rings. The Labute approximate surface area is 96.7 Å². The Balaban J connectivity index is 2.17. The van der Waals surface area contributed by atoms with Crippen LogP contribution in [0.4, 0.5) is 10.1 Å². The van der Waals surface area contributed by atoms with Gasteiger partial charge in [0.05, 0.1) is 0 Å². The van der Waals surface area contributed by atoms with Gasteiger partial charge in [0, 0.05) is 30.9 Å². The zero-order valence-corrected chi connectivity index (χ0v) is 10.2. The van der Waals surface area contributed by atoms with Crippen LogP contribution in [-0.2, 0) is 0 Å². The van der Waals surface area contributed by atoms with Crippen LogP contribution in [0.2, 0.25) is 0 Å². The minimum absolute atomic E-state index is 0.156. The molecule has 0 N–H and O–H groups in total. The van der Waals surface area contributed by atoms with Crippen LogP contribution >= 0.6 is 0 Å². The Morgan fingerprint density at radius 3 is 2.38 bits per heavy atom. The molecule has 0 spiro atoms. The van der Waals surface area contributed by atoms with Crippen LogP contribution in [0.1, 0.15) is 13.8 Å². The number of likely N-dealkylation sites (N-methyl/N-ethyl adjacent to an activating group) is 1. The highest BCUT2D eigenvalue weighted by molar-refractivity contribution is 5.47. The zero-order chi connectivity index (χ0) is 11.7. The summed E-state index contributed by atoms with van der Waals surface area (Å²) >= 11 is 0. The maximum atomic E-state index is 13.2. The van der Waals surface area contributed by atoms with Crippen LogP contribution in [0.15, 0.2) is 24.3 Å². The molecule has 0 amide bonds. The summed E-state index contributed by atoms with van der Waals surface area (Å²) in [4.78, 5) is 4.63. The second kappa shape index (κ2) is 4.42. The SMILES string of the molecule is C[C@@H]1CN(c2cccc(F)c2)C[C@H](C)N1C. The maximum absolute atomic E-state index is 13.2. The van der Waals surface area contributed by atoms with E-state index < -0.39 is 0 Å². The summed E-state index contributed by atoms with van der Waals surface area (Å²) in [7, 11) is 2.15. The zero-order valence-electron chi connectivity index (χ0n) is 10.2. The maximum Gasteiger partial charge on any atom is 0.125 e. The minimum Gasteiger partial charge on any atom is -0.368 e. The van der Waals surface area contributed by atoms with Gasteiger partial charge in [-0.1, -0.05) is 6.07 Å². The van der Waals surface area contributed by atoms with Crippen LogP contribution in [0.3, 0.4) is 0 Å².